The van der Waals surface area contributed by atoms with Gasteiger partial charge in [-0.2, -0.15) is 5.26 Å². The molecule has 1 N–H and O–H groups in total. The first-order chi connectivity index (χ1) is 19.6. The molecule has 12 heteroatoms. The molecule has 1 atom stereocenters. The molecule has 41 heavy (non-hydrogen) atoms. The van der Waals surface area contributed by atoms with Crippen molar-refractivity contribution in [1.82, 2.24) is 19.4 Å². The third-order valence-electron chi connectivity index (χ3n) is 6.17. The molecule has 0 saturated carbocycles. The average Bonchev–Trinajstić information content (AvgIpc) is 3.33. The van der Waals surface area contributed by atoms with E-state index in [0.29, 0.717) is 23.4 Å². The van der Waals surface area contributed by atoms with Crippen molar-refractivity contribution in [3.63, 3.8) is 0 Å². The molecule has 0 radical (unpaired) electrons. The molecule has 3 aromatic heterocycles. The van der Waals surface area contributed by atoms with Crippen LogP contribution in [-0.2, 0) is 25.1 Å². The SMILES string of the molecule is CCOP(=O)(O)OCn1cc(-c2cccc(C#N)c2)c2cc(-c3cncc(N(C)C(=O)/C=C/CN(C)C)c3)cnc21. The molecule has 0 aliphatic carbocycles. The van der Waals surface area contributed by atoms with Gasteiger partial charge in [-0.3, -0.25) is 18.8 Å². The largest absolute Gasteiger partial charge is 0.473 e. The zero-order chi connectivity index (χ0) is 29.6. The average molecular weight is 575 g/mol. The molecule has 0 aliphatic rings. The first-order valence-electron chi connectivity index (χ1n) is 12.8. The number of hydrogen-bond acceptors (Lipinski definition) is 8. The van der Waals surface area contributed by atoms with Crippen LogP contribution in [0, 0.1) is 11.3 Å². The number of nitrogens with zero attached hydrogens (tertiary/aromatic N) is 6. The number of nitriles is 1. The number of amides is 1. The fraction of sp³-hybridized carbons (Fsp3) is 0.241. The van der Waals surface area contributed by atoms with Crippen LogP contribution in [-0.4, -0.2) is 64.5 Å². The fourth-order valence-corrected chi connectivity index (χ4v) is 4.79. The molecule has 4 rings (SSSR count). The van der Waals surface area contributed by atoms with Crippen molar-refractivity contribution in [3.05, 3.63) is 78.9 Å². The zero-order valence-electron chi connectivity index (χ0n) is 23.3. The highest BCUT2D eigenvalue weighted by molar-refractivity contribution is 7.47. The van der Waals surface area contributed by atoms with E-state index < -0.39 is 7.82 Å². The monoisotopic (exact) mass is 574 g/mol. The van der Waals surface area contributed by atoms with Gasteiger partial charge < -0.3 is 19.3 Å². The summed E-state index contributed by atoms with van der Waals surface area (Å²) in [5, 5.41) is 10.2. The summed E-state index contributed by atoms with van der Waals surface area (Å²) in [5.41, 5.74) is 4.62. The molecular weight excluding hydrogens is 543 g/mol. The molecule has 0 spiro atoms. The van der Waals surface area contributed by atoms with Crippen LogP contribution < -0.4 is 4.90 Å². The number of carbonyl (C=O) groups excluding carboxylic acids is 1. The summed E-state index contributed by atoms with van der Waals surface area (Å²) in [6, 6.07) is 13.1. The number of aromatic nitrogens is 3. The molecule has 1 aromatic carbocycles. The first kappa shape index (κ1) is 29.8. The number of pyridine rings is 2. The third kappa shape index (κ3) is 7.32. The van der Waals surface area contributed by atoms with E-state index in [4.69, 9.17) is 9.05 Å². The van der Waals surface area contributed by atoms with Crippen LogP contribution in [0.2, 0.25) is 0 Å². The highest BCUT2D eigenvalue weighted by Crippen LogP contribution is 2.44. The maximum Gasteiger partial charge on any atom is 0.473 e. The number of anilines is 1. The number of carbonyl (C=O) groups is 1. The van der Waals surface area contributed by atoms with E-state index in [1.54, 1.807) is 67.6 Å². The molecule has 3 heterocycles. The van der Waals surface area contributed by atoms with Crippen molar-refractivity contribution in [2.24, 2.45) is 0 Å². The summed E-state index contributed by atoms with van der Waals surface area (Å²) in [5.74, 6) is -0.177. The molecule has 0 saturated heterocycles. The van der Waals surface area contributed by atoms with Crippen LogP contribution in [0.1, 0.15) is 12.5 Å². The lowest BCUT2D eigenvalue weighted by molar-refractivity contribution is -0.113. The molecule has 0 aliphatic heterocycles. The van der Waals surface area contributed by atoms with Crippen molar-refractivity contribution < 1.29 is 23.3 Å². The van der Waals surface area contributed by atoms with E-state index in [2.05, 4.69) is 16.0 Å². The Hall–Kier alpha value is -4.17. The van der Waals surface area contributed by atoms with E-state index in [1.165, 1.54) is 11.0 Å². The molecule has 11 nitrogen and oxygen atoms in total. The highest BCUT2D eigenvalue weighted by atomic mass is 31.2. The molecule has 1 unspecified atom stereocenters. The normalized spacial score (nSPS) is 13.0. The van der Waals surface area contributed by atoms with Gasteiger partial charge in [0, 0.05) is 60.3 Å². The minimum absolute atomic E-state index is 0.0221. The van der Waals surface area contributed by atoms with E-state index in [0.717, 1.165) is 27.6 Å². The standard InChI is InChI=1S/C29H31N6O5P/c1-5-39-41(37,38)40-20-35-19-27(22-9-6-8-21(12-22)15-30)26-14-24(17-32-29(26)35)23-13-25(18-31-16-23)34(4)28(36)10-7-11-33(2)3/h6-10,12-14,16-19H,5,11,20H2,1-4H3,(H,37,38)/b10-7+. The number of phosphoric acid groups is 1. The maximum absolute atomic E-state index is 12.7. The van der Waals surface area contributed by atoms with Crippen molar-refractivity contribution in [1.29, 1.82) is 5.26 Å². The van der Waals surface area contributed by atoms with Gasteiger partial charge in [0.1, 0.15) is 12.4 Å². The van der Waals surface area contributed by atoms with Gasteiger partial charge in [0.05, 0.1) is 30.1 Å². The number of benzene rings is 1. The smallest absolute Gasteiger partial charge is 0.310 e. The molecule has 0 fully saturated rings. The van der Waals surface area contributed by atoms with Crippen molar-refractivity contribution >= 4 is 30.5 Å². The van der Waals surface area contributed by atoms with Crippen molar-refractivity contribution in [2.75, 3.05) is 39.2 Å². The predicted molar refractivity (Wildman–Crippen MR) is 157 cm³/mol. The Labute approximate surface area is 238 Å². The molecular formula is C29H31N6O5P. The third-order valence-corrected chi connectivity index (χ3v) is 7.20. The summed E-state index contributed by atoms with van der Waals surface area (Å²) in [4.78, 5) is 35.1. The number of likely N-dealkylation sites (N-methyl/N-ethyl adjacent to an activating group) is 2. The molecule has 1 amide bonds. The second-order valence-corrected chi connectivity index (χ2v) is 10.9. The second-order valence-electron chi connectivity index (χ2n) is 9.44. The van der Waals surface area contributed by atoms with Gasteiger partial charge in [-0.25, -0.2) is 9.55 Å². The Morgan fingerprint density at radius 1 is 1.12 bits per heavy atom. The fourth-order valence-electron chi connectivity index (χ4n) is 4.12. The van der Waals surface area contributed by atoms with Gasteiger partial charge in [-0.15, -0.1) is 0 Å². The van der Waals surface area contributed by atoms with E-state index in [9.17, 15) is 19.5 Å². The molecule has 4 aromatic rings. The van der Waals surface area contributed by atoms with Gasteiger partial charge in [-0.05, 0) is 50.8 Å². The highest BCUT2D eigenvalue weighted by Gasteiger charge is 2.22. The maximum atomic E-state index is 12.7. The number of phosphoric ester groups is 1. The van der Waals surface area contributed by atoms with Crippen LogP contribution in [0.15, 0.2) is 73.3 Å². The van der Waals surface area contributed by atoms with Crippen LogP contribution in [0.5, 0.6) is 0 Å². The lowest BCUT2D eigenvalue weighted by atomic mass is 10.0. The summed E-state index contributed by atoms with van der Waals surface area (Å²) < 4.78 is 23.8. The van der Waals surface area contributed by atoms with Gasteiger partial charge in [0.15, 0.2) is 0 Å². The number of hydrogen-bond donors (Lipinski definition) is 1. The Morgan fingerprint density at radius 3 is 2.63 bits per heavy atom. The van der Waals surface area contributed by atoms with Gasteiger partial charge in [0.25, 0.3) is 0 Å². The van der Waals surface area contributed by atoms with Crippen LogP contribution in [0.25, 0.3) is 33.3 Å². The Kier molecular flexibility index (Phi) is 9.45. The molecule has 0 bridgehead atoms. The second kappa shape index (κ2) is 13.0. The van der Waals surface area contributed by atoms with Gasteiger partial charge in [-0.1, -0.05) is 18.2 Å². The van der Waals surface area contributed by atoms with Crippen LogP contribution >= 0.6 is 7.82 Å². The summed E-state index contributed by atoms with van der Waals surface area (Å²) >= 11 is 0. The van der Waals surface area contributed by atoms with Crippen molar-refractivity contribution in [2.45, 2.75) is 13.7 Å². The lowest BCUT2D eigenvalue weighted by Gasteiger charge is -2.16. The van der Waals surface area contributed by atoms with E-state index in [-0.39, 0.29) is 19.2 Å². The van der Waals surface area contributed by atoms with E-state index >= 15 is 0 Å². The van der Waals surface area contributed by atoms with Crippen LogP contribution in [0.4, 0.5) is 5.69 Å². The first-order valence-corrected chi connectivity index (χ1v) is 14.3. The summed E-state index contributed by atoms with van der Waals surface area (Å²) in [7, 11) is 1.30. The number of fused-ring (bicyclic) bond motifs is 1. The topological polar surface area (TPSA) is 134 Å². The Balaban J connectivity index is 1.74. The lowest BCUT2D eigenvalue weighted by Crippen LogP contribution is -2.24. The molecule has 212 valence electrons. The minimum Gasteiger partial charge on any atom is -0.310 e. The quantitative estimate of drug-likeness (QED) is 0.197. The summed E-state index contributed by atoms with van der Waals surface area (Å²) in [6.07, 6.45) is 10.1. The van der Waals surface area contributed by atoms with Crippen LogP contribution in [0.3, 0.4) is 0 Å². The van der Waals surface area contributed by atoms with E-state index in [1.807, 2.05) is 37.2 Å². The van der Waals surface area contributed by atoms with Crippen molar-refractivity contribution in [3.8, 4) is 28.3 Å². The summed E-state index contributed by atoms with van der Waals surface area (Å²) in [6.45, 7) is 1.99. The Morgan fingerprint density at radius 2 is 1.90 bits per heavy atom. The number of rotatable bonds is 11. The van der Waals surface area contributed by atoms with Gasteiger partial charge >= 0.3 is 7.82 Å². The Bertz CT molecular complexity index is 1680. The van der Waals surface area contributed by atoms with Gasteiger partial charge in [0.2, 0.25) is 5.91 Å². The minimum atomic E-state index is -4.24. The predicted octanol–water partition coefficient (Wildman–Crippen LogP) is 4.83. The zero-order valence-corrected chi connectivity index (χ0v) is 24.2.